The van der Waals surface area contributed by atoms with E-state index in [0.717, 1.165) is 0 Å². The topological polar surface area (TPSA) is 3.24 Å². The Kier molecular flexibility index (Phi) is 9.28. The Morgan fingerprint density at radius 3 is 1.47 bits per heavy atom. The number of anilines is 3. The van der Waals surface area contributed by atoms with Gasteiger partial charge >= 0.3 is 0 Å². The Morgan fingerprint density at radius 2 is 0.947 bits per heavy atom. The molecule has 0 N–H and O–H groups in total. The second kappa shape index (κ2) is 14.2. The summed E-state index contributed by atoms with van der Waals surface area (Å²) >= 11 is 0. The highest BCUT2D eigenvalue weighted by molar-refractivity contribution is 7.26. The first-order chi connectivity index (χ1) is 27.5. The van der Waals surface area contributed by atoms with Crippen molar-refractivity contribution >= 4 is 69.0 Å². The SMILES string of the molecule is CC(C)c1cc(C(C)C)c(B2c3ccccc3[Si](c3ccccc3)(c3ccccc3)c3cc(N4c5ccccc5C(C)(C)c5ccccc54)ccc32)c(C(C)C)c1. The summed E-state index contributed by atoms with van der Waals surface area (Å²) in [5.74, 6) is 1.21. The summed E-state index contributed by atoms with van der Waals surface area (Å²) < 4.78 is 0. The second-order valence-electron chi connectivity index (χ2n) is 17.8. The molecule has 0 radical (unpaired) electrons. The molecule has 0 spiro atoms. The minimum absolute atomic E-state index is 0.0918. The predicted octanol–water partition coefficient (Wildman–Crippen LogP) is 9.37. The third-order valence-corrected chi connectivity index (χ3v) is 18.1. The zero-order chi connectivity index (χ0) is 39.6. The molecule has 0 aromatic heterocycles. The lowest BCUT2D eigenvalue weighted by Gasteiger charge is -2.45. The van der Waals surface area contributed by atoms with Gasteiger partial charge in [-0.25, -0.2) is 0 Å². The smallest absolute Gasteiger partial charge is 0.241 e. The van der Waals surface area contributed by atoms with Crippen LogP contribution in [0.5, 0.6) is 0 Å². The van der Waals surface area contributed by atoms with Gasteiger partial charge in [-0.15, -0.1) is 0 Å². The highest BCUT2D eigenvalue weighted by Crippen LogP contribution is 2.51. The summed E-state index contributed by atoms with van der Waals surface area (Å²) in [6, 6.07) is 63.4. The number of fused-ring (bicyclic) bond motifs is 4. The molecular weight excluding hydrogens is 701 g/mol. The van der Waals surface area contributed by atoms with Gasteiger partial charge in [-0.05, 0) is 90.6 Å². The van der Waals surface area contributed by atoms with Crippen molar-refractivity contribution in [1.29, 1.82) is 0 Å². The van der Waals surface area contributed by atoms with Crippen molar-refractivity contribution in [3.8, 4) is 0 Å². The molecule has 7 aromatic rings. The molecule has 1 nitrogen and oxygen atoms in total. The van der Waals surface area contributed by atoms with Gasteiger partial charge in [0.05, 0.1) is 11.4 Å². The van der Waals surface area contributed by atoms with E-state index >= 15 is 0 Å². The van der Waals surface area contributed by atoms with Crippen LogP contribution in [-0.2, 0) is 5.41 Å². The minimum atomic E-state index is -2.90. The fourth-order valence-corrected chi connectivity index (χ4v) is 15.7. The van der Waals surface area contributed by atoms with Crippen LogP contribution in [0.4, 0.5) is 17.1 Å². The summed E-state index contributed by atoms with van der Waals surface area (Å²) in [7, 11) is -2.90. The van der Waals surface area contributed by atoms with Gasteiger partial charge < -0.3 is 4.90 Å². The van der Waals surface area contributed by atoms with Crippen LogP contribution in [-0.4, -0.2) is 14.8 Å². The predicted molar refractivity (Wildman–Crippen MR) is 250 cm³/mol. The van der Waals surface area contributed by atoms with Crippen molar-refractivity contribution in [2.45, 2.75) is 78.6 Å². The van der Waals surface area contributed by atoms with Gasteiger partial charge in [0.2, 0.25) is 6.71 Å². The Bertz CT molecular complexity index is 2490. The molecule has 9 rings (SSSR count). The van der Waals surface area contributed by atoms with Crippen LogP contribution in [0.15, 0.2) is 164 Å². The van der Waals surface area contributed by atoms with Crippen molar-refractivity contribution in [3.05, 3.63) is 192 Å². The summed E-state index contributed by atoms with van der Waals surface area (Å²) in [5, 5.41) is 5.82. The van der Waals surface area contributed by atoms with E-state index in [1.165, 1.54) is 82.0 Å². The van der Waals surface area contributed by atoms with E-state index in [-0.39, 0.29) is 12.1 Å². The lowest BCUT2D eigenvalue weighted by Crippen LogP contribution is -2.86. The van der Waals surface area contributed by atoms with E-state index < -0.39 is 8.07 Å². The van der Waals surface area contributed by atoms with Crippen LogP contribution in [0.25, 0.3) is 0 Å². The van der Waals surface area contributed by atoms with Gasteiger partial charge in [0.1, 0.15) is 0 Å². The van der Waals surface area contributed by atoms with Crippen LogP contribution in [0.2, 0.25) is 0 Å². The zero-order valence-electron chi connectivity index (χ0n) is 34.8. The molecule has 0 unspecified atom stereocenters. The van der Waals surface area contributed by atoms with Crippen LogP contribution >= 0.6 is 0 Å². The molecule has 7 aromatic carbocycles. The van der Waals surface area contributed by atoms with Crippen LogP contribution in [0.1, 0.15) is 101 Å². The van der Waals surface area contributed by atoms with E-state index in [4.69, 9.17) is 0 Å². The molecule has 2 aliphatic rings. The van der Waals surface area contributed by atoms with Gasteiger partial charge in [-0.1, -0.05) is 211 Å². The third kappa shape index (κ3) is 5.72. The first-order valence-electron chi connectivity index (χ1n) is 21.1. The highest BCUT2D eigenvalue weighted by atomic mass is 28.3. The van der Waals surface area contributed by atoms with Gasteiger partial charge in [-0.2, -0.15) is 0 Å². The number of benzene rings is 7. The Hall–Kier alpha value is -5.38. The fourth-order valence-electron chi connectivity index (χ4n) is 10.4. The average Bonchev–Trinajstić information content (AvgIpc) is 3.23. The summed E-state index contributed by atoms with van der Waals surface area (Å²) in [5.41, 5.74) is 15.1. The van der Waals surface area contributed by atoms with Crippen LogP contribution in [0.3, 0.4) is 0 Å². The lowest BCUT2D eigenvalue weighted by atomic mass is 9.34. The molecule has 2 aliphatic heterocycles. The quantitative estimate of drug-likeness (QED) is 0.147. The van der Waals surface area contributed by atoms with E-state index in [0.29, 0.717) is 17.8 Å². The van der Waals surface area contributed by atoms with Gasteiger partial charge in [0.15, 0.2) is 8.07 Å². The van der Waals surface area contributed by atoms with Crippen LogP contribution < -0.4 is 42.0 Å². The summed E-state index contributed by atoms with van der Waals surface area (Å²) in [6.07, 6.45) is 0. The van der Waals surface area contributed by atoms with Crippen LogP contribution in [0, 0.1) is 0 Å². The second-order valence-corrected chi connectivity index (χ2v) is 21.6. The molecule has 2 heterocycles. The first kappa shape index (κ1) is 37.2. The lowest BCUT2D eigenvalue weighted by molar-refractivity contribution is 0.632. The van der Waals surface area contributed by atoms with Gasteiger partial charge in [-0.3, -0.25) is 0 Å². The maximum atomic E-state index is 2.63. The Labute approximate surface area is 342 Å². The molecule has 0 saturated heterocycles. The molecular formula is C54H54BNSi. The van der Waals surface area contributed by atoms with Crippen molar-refractivity contribution in [3.63, 3.8) is 0 Å². The number of rotatable bonds is 7. The average molecular weight is 756 g/mol. The number of para-hydroxylation sites is 2. The van der Waals surface area contributed by atoms with Crippen molar-refractivity contribution in [1.82, 2.24) is 0 Å². The molecule has 282 valence electrons. The van der Waals surface area contributed by atoms with Gasteiger partial charge in [0.25, 0.3) is 0 Å². The van der Waals surface area contributed by atoms with Crippen molar-refractivity contribution < 1.29 is 0 Å². The van der Waals surface area contributed by atoms with Crippen molar-refractivity contribution in [2.75, 3.05) is 4.90 Å². The van der Waals surface area contributed by atoms with E-state index in [9.17, 15) is 0 Å². The van der Waals surface area contributed by atoms with Gasteiger partial charge in [0, 0.05) is 11.1 Å². The normalized spacial score (nSPS) is 15.0. The standard InChI is InChI=1S/C54H54BNSi/c1-36(2)39-33-43(37(3)4)53(44(34-39)38(5)6)55-47-27-17-20-30-51(47)57(41-21-11-9-12-22-41,42-23-13-10-14-24-42)52-35-40(31-32-48(52)55)56-49-28-18-15-25-45(49)54(7,8)46-26-16-19-29-50(46)56/h9-38H,1-8H3. The van der Waals surface area contributed by atoms with E-state index in [1.54, 1.807) is 0 Å². The Morgan fingerprint density at radius 1 is 0.474 bits per heavy atom. The van der Waals surface area contributed by atoms with Crippen molar-refractivity contribution in [2.24, 2.45) is 0 Å². The monoisotopic (exact) mass is 755 g/mol. The highest BCUT2D eigenvalue weighted by Gasteiger charge is 2.51. The molecule has 57 heavy (non-hydrogen) atoms. The number of nitrogens with zero attached hydrogens (tertiary/aromatic N) is 1. The molecule has 0 aliphatic carbocycles. The molecule has 0 atom stereocenters. The number of hydrogen-bond donors (Lipinski definition) is 0. The third-order valence-electron chi connectivity index (χ3n) is 13.2. The molecule has 0 saturated carbocycles. The maximum absolute atomic E-state index is 2.90. The van der Waals surface area contributed by atoms with E-state index in [1.807, 2.05) is 0 Å². The van der Waals surface area contributed by atoms with E-state index in [2.05, 4.69) is 224 Å². The zero-order valence-corrected chi connectivity index (χ0v) is 35.8. The minimum Gasteiger partial charge on any atom is -0.310 e. The molecule has 0 fully saturated rings. The summed E-state index contributed by atoms with van der Waals surface area (Å²) in [4.78, 5) is 2.55. The molecule has 0 bridgehead atoms. The Balaban J connectivity index is 1.44. The molecule has 0 amide bonds. The summed E-state index contributed by atoms with van der Waals surface area (Å²) in [6.45, 7) is 19.1. The maximum Gasteiger partial charge on any atom is 0.241 e. The number of hydrogen-bond acceptors (Lipinski definition) is 1. The fraction of sp³-hybridized carbons (Fsp3) is 0.222. The first-order valence-corrected chi connectivity index (χ1v) is 23.1. The molecule has 3 heteroatoms. The largest absolute Gasteiger partial charge is 0.310 e.